The van der Waals surface area contributed by atoms with Crippen LogP contribution in [0, 0.1) is 0 Å². The molecule has 0 aromatic rings. The van der Waals surface area contributed by atoms with Gasteiger partial charge in [0.05, 0.1) is 12.8 Å². The van der Waals surface area contributed by atoms with Crippen LogP contribution in [0.4, 0.5) is 4.39 Å². The van der Waals surface area contributed by atoms with Gasteiger partial charge in [0.25, 0.3) is 5.91 Å². The molecule has 11 heavy (non-hydrogen) atoms. The first-order valence-electron chi connectivity index (χ1n) is 3.01. The number of carbonyl (C=O) groups excluding carboxylic acids is 1. The lowest BCUT2D eigenvalue weighted by Crippen LogP contribution is -2.28. The highest BCUT2D eigenvalue weighted by Crippen LogP contribution is 2.05. The summed E-state index contributed by atoms with van der Waals surface area (Å²) in [5.74, 6) is -0.852. The molecule has 0 aliphatic carbocycles. The van der Waals surface area contributed by atoms with Crippen LogP contribution >= 0.6 is 0 Å². The van der Waals surface area contributed by atoms with Crippen molar-refractivity contribution in [1.82, 2.24) is 0 Å². The van der Waals surface area contributed by atoms with E-state index in [9.17, 15) is 9.18 Å². The SMILES string of the molecule is COC1=NC(=O)C(F)C(C)=N1. The van der Waals surface area contributed by atoms with Gasteiger partial charge in [0.15, 0.2) is 0 Å². The maximum Gasteiger partial charge on any atom is 0.319 e. The molecule has 1 amide bonds. The van der Waals surface area contributed by atoms with Crippen LogP contribution in [0.15, 0.2) is 9.98 Å². The molecule has 1 atom stereocenters. The van der Waals surface area contributed by atoms with Crippen LogP contribution < -0.4 is 0 Å². The minimum atomic E-state index is -1.70. The molecular weight excluding hydrogens is 151 g/mol. The molecule has 1 aliphatic rings. The summed E-state index contributed by atoms with van der Waals surface area (Å²) < 4.78 is 17.2. The lowest BCUT2D eigenvalue weighted by Gasteiger charge is -2.09. The third-order valence-electron chi connectivity index (χ3n) is 1.24. The van der Waals surface area contributed by atoms with Gasteiger partial charge < -0.3 is 4.74 Å². The lowest BCUT2D eigenvalue weighted by atomic mass is 10.2. The monoisotopic (exact) mass is 158 g/mol. The third-order valence-corrected chi connectivity index (χ3v) is 1.24. The molecule has 0 saturated carbocycles. The number of hydrogen-bond donors (Lipinski definition) is 0. The second-order valence-corrected chi connectivity index (χ2v) is 2.05. The fourth-order valence-electron chi connectivity index (χ4n) is 0.653. The highest BCUT2D eigenvalue weighted by Gasteiger charge is 2.25. The zero-order chi connectivity index (χ0) is 8.43. The van der Waals surface area contributed by atoms with E-state index in [0.29, 0.717) is 0 Å². The van der Waals surface area contributed by atoms with Gasteiger partial charge in [-0.25, -0.2) is 9.38 Å². The smallest absolute Gasteiger partial charge is 0.319 e. The molecular formula is C6H7FN2O2. The topological polar surface area (TPSA) is 51.0 Å². The average molecular weight is 158 g/mol. The van der Waals surface area contributed by atoms with Gasteiger partial charge in [-0.3, -0.25) is 4.79 Å². The van der Waals surface area contributed by atoms with Gasteiger partial charge >= 0.3 is 6.02 Å². The van der Waals surface area contributed by atoms with Crippen molar-refractivity contribution in [3.05, 3.63) is 0 Å². The van der Waals surface area contributed by atoms with Crippen LogP contribution in [0.5, 0.6) is 0 Å². The molecule has 0 aromatic carbocycles. The fourth-order valence-corrected chi connectivity index (χ4v) is 0.653. The number of nitrogens with zero attached hydrogens (tertiary/aromatic N) is 2. The average Bonchev–Trinajstić information content (AvgIpc) is 1.99. The molecule has 0 radical (unpaired) electrons. The highest BCUT2D eigenvalue weighted by molar-refractivity contribution is 6.15. The molecule has 1 heterocycles. The molecule has 1 unspecified atom stereocenters. The number of carbonyl (C=O) groups is 1. The first-order valence-corrected chi connectivity index (χ1v) is 3.01. The molecule has 60 valence electrons. The Morgan fingerprint density at radius 2 is 2.18 bits per heavy atom. The van der Waals surface area contributed by atoms with Gasteiger partial charge in [0.2, 0.25) is 6.17 Å². The van der Waals surface area contributed by atoms with Crippen molar-refractivity contribution in [1.29, 1.82) is 0 Å². The predicted molar refractivity (Wildman–Crippen MR) is 37.5 cm³/mol. The minimum absolute atomic E-state index is 0.0820. The quantitative estimate of drug-likeness (QED) is 0.510. The number of rotatable bonds is 0. The number of methoxy groups -OCH3 is 1. The van der Waals surface area contributed by atoms with E-state index in [4.69, 9.17) is 0 Å². The Labute approximate surface area is 62.8 Å². The number of aliphatic imine (C=N–C) groups is 2. The Balaban J connectivity index is 2.91. The summed E-state index contributed by atoms with van der Waals surface area (Å²) in [6, 6.07) is -0.0820. The first kappa shape index (κ1) is 7.84. The standard InChI is InChI=1S/C6H7FN2O2/c1-3-4(7)5(10)9-6(8-3)11-2/h4H,1-2H3. The van der Waals surface area contributed by atoms with Crippen molar-refractivity contribution in [2.75, 3.05) is 7.11 Å². The zero-order valence-corrected chi connectivity index (χ0v) is 6.17. The minimum Gasteiger partial charge on any atom is -0.467 e. The van der Waals surface area contributed by atoms with E-state index in [0.717, 1.165) is 0 Å². The van der Waals surface area contributed by atoms with Crippen LogP contribution in [0.3, 0.4) is 0 Å². The third kappa shape index (κ3) is 1.42. The van der Waals surface area contributed by atoms with Gasteiger partial charge in [-0.2, -0.15) is 4.99 Å². The van der Waals surface area contributed by atoms with Crippen molar-refractivity contribution in [2.45, 2.75) is 13.1 Å². The fraction of sp³-hybridized carbons (Fsp3) is 0.500. The van der Waals surface area contributed by atoms with E-state index in [1.165, 1.54) is 14.0 Å². The van der Waals surface area contributed by atoms with Crippen LogP contribution in [-0.2, 0) is 9.53 Å². The van der Waals surface area contributed by atoms with Crippen LogP contribution in [-0.4, -0.2) is 30.9 Å². The summed E-state index contributed by atoms with van der Waals surface area (Å²) in [6.45, 7) is 1.41. The normalized spacial score (nSPS) is 24.3. The van der Waals surface area contributed by atoms with E-state index in [1.54, 1.807) is 0 Å². The van der Waals surface area contributed by atoms with Gasteiger partial charge in [-0.05, 0) is 6.92 Å². The van der Waals surface area contributed by atoms with Gasteiger partial charge in [0, 0.05) is 0 Å². The molecule has 0 N–H and O–H groups in total. The maximum absolute atomic E-state index is 12.6. The Morgan fingerprint density at radius 1 is 1.55 bits per heavy atom. The maximum atomic E-state index is 12.6. The molecule has 5 heteroatoms. The van der Waals surface area contributed by atoms with E-state index < -0.39 is 12.1 Å². The summed E-state index contributed by atoms with van der Waals surface area (Å²) in [4.78, 5) is 17.5. The second-order valence-electron chi connectivity index (χ2n) is 2.05. The summed E-state index contributed by atoms with van der Waals surface area (Å²) in [7, 11) is 1.32. The van der Waals surface area contributed by atoms with Gasteiger partial charge in [0.1, 0.15) is 0 Å². The van der Waals surface area contributed by atoms with E-state index in [1.807, 2.05) is 0 Å². The molecule has 0 fully saturated rings. The summed E-state index contributed by atoms with van der Waals surface area (Å²) >= 11 is 0. The van der Waals surface area contributed by atoms with Crippen molar-refractivity contribution < 1.29 is 13.9 Å². The summed E-state index contributed by atoms with van der Waals surface area (Å²) in [5.41, 5.74) is 0.0850. The summed E-state index contributed by atoms with van der Waals surface area (Å²) in [6.07, 6.45) is -1.70. The van der Waals surface area contributed by atoms with Gasteiger partial charge in [-0.15, -0.1) is 0 Å². The first-order chi connectivity index (χ1) is 5.15. The number of ether oxygens (including phenoxy) is 1. The van der Waals surface area contributed by atoms with Crippen LogP contribution in [0.2, 0.25) is 0 Å². The van der Waals surface area contributed by atoms with Crippen molar-refractivity contribution in [3.8, 4) is 0 Å². The van der Waals surface area contributed by atoms with Crippen molar-refractivity contribution in [3.63, 3.8) is 0 Å². The summed E-state index contributed by atoms with van der Waals surface area (Å²) in [5, 5.41) is 0. The molecule has 4 nitrogen and oxygen atoms in total. The largest absolute Gasteiger partial charge is 0.467 e. The molecule has 0 saturated heterocycles. The Morgan fingerprint density at radius 3 is 2.64 bits per heavy atom. The second kappa shape index (κ2) is 2.77. The number of amidine groups is 1. The van der Waals surface area contributed by atoms with E-state index in [-0.39, 0.29) is 11.7 Å². The van der Waals surface area contributed by atoms with Crippen LogP contribution in [0.25, 0.3) is 0 Å². The Bertz CT molecular complexity index is 247. The molecule has 0 spiro atoms. The number of amides is 1. The lowest BCUT2D eigenvalue weighted by molar-refractivity contribution is -0.120. The van der Waals surface area contributed by atoms with Crippen molar-refractivity contribution in [2.24, 2.45) is 9.98 Å². The highest BCUT2D eigenvalue weighted by atomic mass is 19.1. The van der Waals surface area contributed by atoms with E-state index >= 15 is 0 Å². The molecule has 1 aliphatic heterocycles. The van der Waals surface area contributed by atoms with Crippen molar-refractivity contribution >= 4 is 17.6 Å². The molecule has 0 aromatic heterocycles. The Kier molecular flexibility index (Phi) is 1.98. The van der Waals surface area contributed by atoms with Gasteiger partial charge in [-0.1, -0.05) is 0 Å². The zero-order valence-electron chi connectivity index (χ0n) is 6.17. The molecule has 0 bridgehead atoms. The number of hydrogen-bond acceptors (Lipinski definition) is 3. The van der Waals surface area contributed by atoms with E-state index in [2.05, 4.69) is 14.7 Å². The molecule has 1 rings (SSSR count). The van der Waals surface area contributed by atoms with Crippen LogP contribution in [0.1, 0.15) is 6.92 Å². The predicted octanol–water partition coefficient (Wildman–Crippen LogP) is 0.328. The number of halogens is 1. The number of alkyl halides is 1. The Hall–Kier alpha value is -1.26.